The van der Waals surface area contributed by atoms with E-state index in [1.54, 1.807) is 39.1 Å². The molecule has 0 radical (unpaired) electrons. The van der Waals surface area contributed by atoms with Gasteiger partial charge in [-0.05, 0) is 95.0 Å². The molecule has 3 rings (SSSR count). The number of hydrogen-bond donors (Lipinski definition) is 3. The van der Waals surface area contributed by atoms with E-state index in [-0.39, 0.29) is 11.9 Å². The number of nitrogens with one attached hydrogen (secondary N) is 3. The molecule has 7 nitrogen and oxygen atoms in total. The van der Waals surface area contributed by atoms with Gasteiger partial charge in [-0.25, -0.2) is 24.8 Å². The van der Waals surface area contributed by atoms with Crippen LogP contribution in [0.5, 0.6) is 0 Å². The van der Waals surface area contributed by atoms with Gasteiger partial charge in [-0.3, -0.25) is 4.98 Å². The summed E-state index contributed by atoms with van der Waals surface area (Å²) in [6.45, 7) is 7.21. The van der Waals surface area contributed by atoms with Gasteiger partial charge in [0.05, 0.1) is 5.52 Å². The predicted molar refractivity (Wildman–Crippen MR) is 117 cm³/mol. The topological polar surface area (TPSA) is 92.4 Å². The van der Waals surface area contributed by atoms with E-state index in [4.69, 9.17) is 4.74 Å². The van der Waals surface area contributed by atoms with Crippen LogP contribution >= 0.6 is 0 Å². The summed E-state index contributed by atoms with van der Waals surface area (Å²) < 4.78 is 18.8. The number of aromatic nitrogens is 1. The van der Waals surface area contributed by atoms with Crippen molar-refractivity contribution in [2.75, 3.05) is 0 Å². The van der Waals surface area contributed by atoms with Crippen molar-refractivity contribution < 1.29 is 18.7 Å². The van der Waals surface area contributed by atoms with Crippen LogP contribution in [0.3, 0.4) is 0 Å². The number of rotatable bonds is 3. The van der Waals surface area contributed by atoms with Crippen molar-refractivity contribution in [1.29, 1.82) is 0 Å². The van der Waals surface area contributed by atoms with Gasteiger partial charge < -0.3 is 10.1 Å². The van der Waals surface area contributed by atoms with Crippen LogP contribution in [0.2, 0.25) is 0 Å². The Hall–Kier alpha value is -2.90. The highest BCUT2D eigenvalue weighted by atomic mass is 19.1. The summed E-state index contributed by atoms with van der Waals surface area (Å²) in [6.07, 6.45) is 4.90. The van der Waals surface area contributed by atoms with Gasteiger partial charge >= 0.3 is 12.1 Å². The van der Waals surface area contributed by atoms with Crippen molar-refractivity contribution in [3.8, 4) is 0 Å². The second-order valence-electron chi connectivity index (χ2n) is 9.19. The van der Waals surface area contributed by atoms with Gasteiger partial charge in [0.25, 0.3) is 0 Å². The molecular weight excluding hydrogens is 399 g/mol. The maximum absolute atomic E-state index is 13.8. The molecule has 1 fully saturated rings. The molecule has 2 aromatic rings. The quantitative estimate of drug-likeness (QED) is 0.611. The number of ether oxygens (including phenoxy) is 1. The third kappa shape index (κ3) is 6.29. The first-order valence-corrected chi connectivity index (χ1v) is 10.7. The molecule has 1 saturated carbocycles. The van der Waals surface area contributed by atoms with Crippen molar-refractivity contribution >= 4 is 23.0 Å². The van der Waals surface area contributed by atoms with E-state index >= 15 is 0 Å². The smallest absolute Gasteiger partial charge is 0.426 e. The minimum absolute atomic E-state index is 0.0481. The van der Waals surface area contributed by atoms with Gasteiger partial charge in [0.1, 0.15) is 11.4 Å². The zero-order valence-electron chi connectivity index (χ0n) is 18.5. The Morgan fingerprint density at radius 1 is 1.13 bits per heavy atom. The van der Waals surface area contributed by atoms with E-state index in [9.17, 15) is 14.0 Å². The first kappa shape index (κ1) is 22.8. The van der Waals surface area contributed by atoms with Gasteiger partial charge in [-0.1, -0.05) is 0 Å². The summed E-state index contributed by atoms with van der Waals surface area (Å²) >= 11 is 0. The maximum atomic E-state index is 13.8. The summed E-state index contributed by atoms with van der Waals surface area (Å²) in [7, 11) is 0. The lowest BCUT2D eigenvalue weighted by Gasteiger charge is -2.33. The SMILES string of the molecule is C[C@@H](NC(=O)NNC(=O)OC(C)(C)C)C1CCC(c2ccnc3ccc(F)cc23)CC1. The third-order valence-corrected chi connectivity index (χ3v) is 5.69. The summed E-state index contributed by atoms with van der Waals surface area (Å²) in [5.41, 5.74) is 5.87. The van der Waals surface area contributed by atoms with Gasteiger partial charge in [0, 0.05) is 17.6 Å². The Morgan fingerprint density at radius 2 is 1.84 bits per heavy atom. The van der Waals surface area contributed by atoms with Crippen LogP contribution in [-0.4, -0.2) is 28.8 Å². The Labute approximate surface area is 182 Å². The number of benzene rings is 1. The first-order valence-electron chi connectivity index (χ1n) is 10.7. The highest BCUT2D eigenvalue weighted by Crippen LogP contribution is 2.39. The third-order valence-electron chi connectivity index (χ3n) is 5.69. The molecule has 31 heavy (non-hydrogen) atoms. The van der Waals surface area contributed by atoms with Crippen molar-refractivity contribution in [2.24, 2.45) is 5.92 Å². The van der Waals surface area contributed by atoms with E-state index in [1.807, 2.05) is 13.0 Å². The number of halogens is 1. The van der Waals surface area contributed by atoms with Crippen molar-refractivity contribution in [3.05, 3.63) is 41.8 Å². The average Bonchev–Trinajstić information content (AvgIpc) is 2.70. The van der Waals surface area contributed by atoms with Gasteiger partial charge in [-0.15, -0.1) is 0 Å². The van der Waals surface area contributed by atoms with Crippen molar-refractivity contribution in [2.45, 2.75) is 70.9 Å². The van der Waals surface area contributed by atoms with Crippen LogP contribution in [-0.2, 0) is 4.74 Å². The van der Waals surface area contributed by atoms with Crippen LogP contribution in [0.15, 0.2) is 30.5 Å². The van der Waals surface area contributed by atoms with Crippen molar-refractivity contribution in [1.82, 2.24) is 21.2 Å². The molecule has 0 unspecified atom stereocenters. The van der Waals surface area contributed by atoms with Gasteiger partial charge in [0.2, 0.25) is 0 Å². The number of urea groups is 1. The molecule has 1 aliphatic rings. The average molecular weight is 431 g/mol. The maximum Gasteiger partial charge on any atom is 0.426 e. The second-order valence-corrected chi connectivity index (χ2v) is 9.19. The largest absolute Gasteiger partial charge is 0.443 e. The number of hydrogen-bond acceptors (Lipinski definition) is 4. The van der Waals surface area contributed by atoms with Crippen LogP contribution in [0.4, 0.5) is 14.0 Å². The summed E-state index contributed by atoms with van der Waals surface area (Å²) in [4.78, 5) is 28.1. The van der Waals surface area contributed by atoms with E-state index in [1.165, 1.54) is 6.07 Å². The number of nitrogens with zero attached hydrogens (tertiary/aromatic N) is 1. The number of hydrazine groups is 1. The fourth-order valence-electron chi connectivity index (χ4n) is 4.20. The van der Waals surface area contributed by atoms with E-state index < -0.39 is 17.7 Å². The highest BCUT2D eigenvalue weighted by molar-refractivity contribution is 5.82. The lowest BCUT2D eigenvalue weighted by Crippen LogP contribution is -2.51. The molecule has 0 saturated heterocycles. The number of carbonyl (C=O) groups is 2. The molecule has 3 N–H and O–H groups in total. The minimum Gasteiger partial charge on any atom is -0.443 e. The molecule has 8 heteroatoms. The van der Waals surface area contributed by atoms with Gasteiger partial charge in [0.15, 0.2) is 0 Å². The second kappa shape index (κ2) is 9.49. The molecule has 0 aliphatic heterocycles. The molecule has 1 aliphatic carbocycles. The Kier molecular flexibility index (Phi) is 6.97. The number of pyridine rings is 1. The molecule has 1 atom stereocenters. The molecule has 0 bridgehead atoms. The lowest BCUT2D eigenvalue weighted by molar-refractivity contribution is 0.0504. The number of amides is 3. The lowest BCUT2D eigenvalue weighted by atomic mass is 9.75. The molecule has 3 amide bonds. The minimum atomic E-state index is -0.711. The van der Waals surface area contributed by atoms with Crippen molar-refractivity contribution in [3.63, 3.8) is 0 Å². The monoisotopic (exact) mass is 430 g/mol. The van der Waals surface area contributed by atoms with Gasteiger partial charge in [-0.2, -0.15) is 0 Å². The Balaban J connectivity index is 1.50. The zero-order valence-corrected chi connectivity index (χ0v) is 18.5. The van der Waals surface area contributed by atoms with Crippen LogP contribution in [0.25, 0.3) is 10.9 Å². The first-order chi connectivity index (χ1) is 14.6. The fourth-order valence-corrected chi connectivity index (χ4v) is 4.20. The van der Waals surface area contributed by atoms with Crippen LogP contribution < -0.4 is 16.2 Å². The summed E-state index contributed by atoms with van der Waals surface area (Å²) in [5.74, 6) is 0.422. The fraction of sp³-hybridized carbons (Fsp3) is 0.522. The Bertz CT molecular complexity index is 936. The normalized spacial score (nSPS) is 20.0. The van der Waals surface area contributed by atoms with E-state index in [0.717, 1.165) is 42.1 Å². The standard InChI is InChI=1S/C23H31FN4O3/c1-14(26-21(29)27-28-22(30)31-23(2,3)4)15-5-7-16(8-6-15)18-11-12-25-20-10-9-17(24)13-19(18)20/h9-16H,5-8H2,1-4H3,(H,28,30)(H2,26,27,29)/t14-,15?,16?/m1/s1. The molecule has 1 aromatic heterocycles. The number of fused-ring (bicyclic) bond motifs is 1. The summed E-state index contributed by atoms with van der Waals surface area (Å²) in [6, 6.07) is 6.19. The molecule has 168 valence electrons. The zero-order chi connectivity index (χ0) is 22.6. The summed E-state index contributed by atoms with van der Waals surface area (Å²) in [5, 5.41) is 3.76. The molecule has 0 spiro atoms. The number of carbonyl (C=O) groups excluding carboxylic acids is 2. The molecular formula is C23H31FN4O3. The highest BCUT2D eigenvalue weighted by Gasteiger charge is 2.28. The van der Waals surface area contributed by atoms with Crippen LogP contribution in [0, 0.1) is 11.7 Å². The predicted octanol–water partition coefficient (Wildman–Crippen LogP) is 4.78. The van der Waals surface area contributed by atoms with E-state index in [2.05, 4.69) is 21.2 Å². The Morgan fingerprint density at radius 3 is 2.52 bits per heavy atom. The van der Waals surface area contributed by atoms with E-state index in [0.29, 0.717) is 11.8 Å². The van der Waals surface area contributed by atoms with Crippen LogP contribution in [0.1, 0.15) is 64.9 Å². The molecule has 1 aromatic carbocycles. The molecule has 1 heterocycles.